The van der Waals surface area contributed by atoms with Crippen molar-refractivity contribution >= 4 is 21.8 Å². The third-order valence-electron chi connectivity index (χ3n) is 5.18. The molecule has 0 saturated carbocycles. The number of rotatable bonds is 9. The number of carbonyl (C=O) groups excluding carboxylic acids is 2. The zero-order valence-corrected chi connectivity index (χ0v) is 19.7. The highest BCUT2D eigenvalue weighted by atomic mass is 32.2. The van der Waals surface area contributed by atoms with Gasteiger partial charge in [-0.05, 0) is 54.8 Å². The van der Waals surface area contributed by atoms with Crippen LogP contribution in [0.5, 0.6) is 0 Å². The fourth-order valence-electron chi connectivity index (χ4n) is 3.17. The average molecular weight is 484 g/mol. The maximum atomic E-state index is 13.6. The van der Waals surface area contributed by atoms with E-state index in [2.05, 4.69) is 15.4 Å². The smallest absolute Gasteiger partial charge is 0.251 e. The molecule has 0 spiro atoms. The van der Waals surface area contributed by atoms with E-state index in [1.165, 1.54) is 24.3 Å². The molecule has 3 aromatic rings. The Kier molecular flexibility index (Phi) is 8.14. The standard InChI is InChI=1S/C25H26FN3O4S/c1-17-8-10-20(14-22(17)26)24(30)27-12-13-28-25(31)21-11-9-18(2)23(15-21)34(32,33)29-16-19-6-4-3-5-7-19/h3-11,14-15,29H,12-13,16H2,1-2H3,(H,27,30)(H,28,31). The van der Waals surface area contributed by atoms with Gasteiger partial charge in [0.25, 0.3) is 11.8 Å². The van der Waals surface area contributed by atoms with Crippen molar-refractivity contribution in [2.45, 2.75) is 25.3 Å². The molecule has 0 atom stereocenters. The number of hydrogen-bond acceptors (Lipinski definition) is 4. The molecule has 34 heavy (non-hydrogen) atoms. The van der Waals surface area contributed by atoms with E-state index in [1.807, 2.05) is 30.3 Å². The summed E-state index contributed by atoms with van der Waals surface area (Å²) in [6.45, 7) is 3.62. The largest absolute Gasteiger partial charge is 0.350 e. The number of carbonyl (C=O) groups is 2. The Morgan fingerprint density at radius 3 is 1.94 bits per heavy atom. The first kappa shape index (κ1) is 25.1. The summed E-state index contributed by atoms with van der Waals surface area (Å²) in [5, 5.41) is 5.24. The lowest BCUT2D eigenvalue weighted by molar-refractivity contribution is 0.0927. The molecule has 0 saturated heterocycles. The van der Waals surface area contributed by atoms with Crippen LogP contribution in [0.2, 0.25) is 0 Å². The molecule has 0 aliphatic heterocycles. The zero-order chi connectivity index (χ0) is 24.7. The molecule has 0 unspecified atom stereocenters. The summed E-state index contributed by atoms with van der Waals surface area (Å²) in [6, 6.07) is 17.7. The molecule has 0 heterocycles. The maximum Gasteiger partial charge on any atom is 0.251 e. The van der Waals surface area contributed by atoms with Crippen molar-refractivity contribution in [3.8, 4) is 0 Å². The fourth-order valence-corrected chi connectivity index (χ4v) is 4.46. The van der Waals surface area contributed by atoms with E-state index >= 15 is 0 Å². The number of hydrogen-bond donors (Lipinski definition) is 3. The number of amides is 2. The van der Waals surface area contributed by atoms with E-state index in [9.17, 15) is 22.4 Å². The van der Waals surface area contributed by atoms with Crippen LogP contribution in [0.1, 0.15) is 37.4 Å². The molecule has 0 aromatic heterocycles. The van der Waals surface area contributed by atoms with Crippen molar-refractivity contribution in [3.63, 3.8) is 0 Å². The van der Waals surface area contributed by atoms with E-state index in [1.54, 1.807) is 19.9 Å². The third kappa shape index (κ3) is 6.49. The number of halogens is 1. The summed E-state index contributed by atoms with van der Waals surface area (Å²) in [5.41, 5.74) is 2.13. The van der Waals surface area contributed by atoms with Crippen molar-refractivity contribution in [1.82, 2.24) is 15.4 Å². The van der Waals surface area contributed by atoms with Gasteiger partial charge in [0.2, 0.25) is 10.0 Å². The minimum atomic E-state index is -3.84. The lowest BCUT2D eigenvalue weighted by Crippen LogP contribution is -2.35. The van der Waals surface area contributed by atoms with E-state index in [4.69, 9.17) is 0 Å². The SMILES string of the molecule is Cc1ccc(C(=O)NCCNC(=O)c2ccc(C)c(S(=O)(=O)NCc3ccccc3)c2)cc1F. The van der Waals surface area contributed by atoms with Gasteiger partial charge >= 0.3 is 0 Å². The van der Waals surface area contributed by atoms with Crippen molar-refractivity contribution in [2.24, 2.45) is 0 Å². The minimum Gasteiger partial charge on any atom is -0.350 e. The maximum absolute atomic E-state index is 13.6. The second-order valence-corrected chi connectivity index (χ2v) is 9.50. The van der Waals surface area contributed by atoms with Gasteiger partial charge in [-0.1, -0.05) is 42.5 Å². The molecule has 0 aliphatic rings. The number of aryl methyl sites for hydroxylation is 2. The number of benzene rings is 3. The predicted octanol–water partition coefficient (Wildman–Crippen LogP) is 3.08. The Morgan fingerprint density at radius 1 is 0.794 bits per heavy atom. The highest BCUT2D eigenvalue weighted by Gasteiger charge is 2.19. The van der Waals surface area contributed by atoms with Gasteiger partial charge in [0.15, 0.2) is 0 Å². The second-order valence-electron chi connectivity index (χ2n) is 7.77. The van der Waals surface area contributed by atoms with Gasteiger partial charge in [-0.2, -0.15) is 0 Å². The highest BCUT2D eigenvalue weighted by molar-refractivity contribution is 7.89. The molecule has 0 radical (unpaired) electrons. The molecule has 9 heteroatoms. The Labute approximate surface area is 198 Å². The van der Waals surface area contributed by atoms with Crippen LogP contribution in [0.3, 0.4) is 0 Å². The second kappa shape index (κ2) is 11.0. The summed E-state index contributed by atoms with van der Waals surface area (Å²) >= 11 is 0. The van der Waals surface area contributed by atoms with Crippen LogP contribution in [-0.4, -0.2) is 33.3 Å². The van der Waals surface area contributed by atoms with Crippen LogP contribution in [0.4, 0.5) is 4.39 Å². The van der Waals surface area contributed by atoms with E-state index in [0.29, 0.717) is 11.1 Å². The monoisotopic (exact) mass is 483 g/mol. The Balaban J connectivity index is 1.57. The number of sulfonamides is 1. The normalized spacial score (nSPS) is 11.1. The molecular formula is C25H26FN3O4S. The minimum absolute atomic E-state index is 0.0192. The van der Waals surface area contributed by atoms with Gasteiger partial charge in [0.1, 0.15) is 5.82 Å². The van der Waals surface area contributed by atoms with Gasteiger partial charge in [-0.25, -0.2) is 17.5 Å². The first-order valence-corrected chi connectivity index (χ1v) is 12.1. The molecule has 0 aliphatic carbocycles. The summed E-state index contributed by atoms with van der Waals surface area (Å²) in [6.07, 6.45) is 0. The van der Waals surface area contributed by atoms with Crippen molar-refractivity contribution in [2.75, 3.05) is 13.1 Å². The summed E-state index contributed by atoms with van der Waals surface area (Å²) in [5.74, 6) is -1.40. The fraction of sp³-hybridized carbons (Fsp3) is 0.200. The summed E-state index contributed by atoms with van der Waals surface area (Å²) in [4.78, 5) is 24.7. The van der Waals surface area contributed by atoms with Gasteiger partial charge in [0, 0.05) is 30.8 Å². The van der Waals surface area contributed by atoms with Gasteiger partial charge in [-0.15, -0.1) is 0 Å². The Hall–Kier alpha value is -3.56. The van der Waals surface area contributed by atoms with E-state index < -0.39 is 27.7 Å². The average Bonchev–Trinajstić information content (AvgIpc) is 2.83. The quantitative estimate of drug-likeness (QED) is 0.407. The highest BCUT2D eigenvalue weighted by Crippen LogP contribution is 2.18. The zero-order valence-electron chi connectivity index (χ0n) is 18.9. The van der Waals surface area contributed by atoms with Crippen LogP contribution < -0.4 is 15.4 Å². The van der Waals surface area contributed by atoms with Crippen LogP contribution in [-0.2, 0) is 16.6 Å². The van der Waals surface area contributed by atoms with Crippen LogP contribution in [0.25, 0.3) is 0 Å². The predicted molar refractivity (Wildman–Crippen MR) is 127 cm³/mol. The molecule has 3 aromatic carbocycles. The lowest BCUT2D eigenvalue weighted by atomic mass is 10.1. The van der Waals surface area contributed by atoms with Gasteiger partial charge in [0.05, 0.1) is 4.90 Å². The molecule has 0 bridgehead atoms. The van der Waals surface area contributed by atoms with E-state index in [-0.39, 0.29) is 35.7 Å². The molecule has 0 fully saturated rings. The topological polar surface area (TPSA) is 104 Å². The van der Waals surface area contributed by atoms with E-state index in [0.717, 1.165) is 11.6 Å². The van der Waals surface area contributed by atoms with Gasteiger partial charge < -0.3 is 10.6 Å². The van der Waals surface area contributed by atoms with Crippen LogP contribution in [0, 0.1) is 19.7 Å². The molecule has 3 rings (SSSR count). The summed E-state index contributed by atoms with van der Waals surface area (Å²) in [7, 11) is -3.84. The van der Waals surface area contributed by atoms with Crippen molar-refractivity contribution in [1.29, 1.82) is 0 Å². The molecule has 178 valence electrons. The summed E-state index contributed by atoms with van der Waals surface area (Å²) < 4.78 is 41.8. The first-order valence-electron chi connectivity index (χ1n) is 10.6. The first-order chi connectivity index (χ1) is 16.2. The van der Waals surface area contributed by atoms with Crippen LogP contribution in [0.15, 0.2) is 71.6 Å². The molecular weight excluding hydrogens is 457 g/mol. The molecule has 7 nitrogen and oxygen atoms in total. The van der Waals surface area contributed by atoms with Crippen molar-refractivity contribution < 1.29 is 22.4 Å². The number of nitrogens with one attached hydrogen (secondary N) is 3. The van der Waals surface area contributed by atoms with Crippen LogP contribution >= 0.6 is 0 Å². The third-order valence-corrected chi connectivity index (χ3v) is 6.72. The lowest BCUT2D eigenvalue weighted by Gasteiger charge is -2.12. The van der Waals surface area contributed by atoms with Gasteiger partial charge in [-0.3, -0.25) is 9.59 Å². The Morgan fingerprint density at radius 2 is 1.35 bits per heavy atom. The molecule has 3 N–H and O–H groups in total. The molecule has 2 amide bonds. The Bertz CT molecular complexity index is 1290. The van der Waals surface area contributed by atoms with Crippen molar-refractivity contribution in [3.05, 3.63) is 100 Å².